The van der Waals surface area contributed by atoms with Gasteiger partial charge in [-0.2, -0.15) is 0 Å². The predicted molar refractivity (Wildman–Crippen MR) is 115 cm³/mol. The van der Waals surface area contributed by atoms with Crippen molar-refractivity contribution >= 4 is 29.4 Å². The predicted octanol–water partition coefficient (Wildman–Crippen LogP) is 2.94. The summed E-state index contributed by atoms with van der Waals surface area (Å²) in [6.45, 7) is 3.33. The van der Waals surface area contributed by atoms with Gasteiger partial charge in [0.2, 0.25) is 0 Å². The number of carbonyl (C=O) groups is 4. The van der Waals surface area contributed by atoms with Crippen molar-refractivity contribution in [2.24, 2.45) is 0 Å². The molecule has 0 spiro atoms. The van der Waals surface area contributed by atoms with Crippen molar-refractivity contribution in [2.75, 3.05) is 18.5 Å². The summed E-state index contributed by atoms with van der Waals surface area (Å²) in [4.78, 5) is 48.0. The Hall–Kier alpha value is -3.68. The van der Waals surface area contributed by atoms with Gasteiger partial charge in [-0.25, -0.2) is 9.59 Å². The Morgan fingerprint density at radius 3 is 2.23 bits per heavy atom. The lowest BCUT2D eigenvalue weighted by Crippen LogP contribution is -2.40. The minimum Gasteiger partial charge on any atom is -0.462 e. The van der Waals surface area contributed by atoms with E-state index in [1.54, 1.807) is 42.5 Å². The zero-order chi connectivity index (χ0) is 22.6. The van der Waals surface area contributed by atoms with E-state index in [4.69, 9.17) is 9.47 Å². The Kier molecular flexibility index (Phi) is 9.22. The first-order valence-electron chi connectivity index (χ1n) is 10.00. The summed E-state index contributed by atoms with van der Waals surface area (Å²) in [7, 11) is 0. The third kappa shape index (κ3) is 7.93. The molecule has 0 saturated carbocycles. The Morgan fingerprint density at radius 2 is 1.58 bits per heavy atom. The second-order valence-corrected chi connectivity index (χ2v) is 6.78. The normalized spacial score (nSPS) is 11.2. The Morgan fingerprint density at radius 1 is 0.903 bits per heavy atom. The van der Waals surface area contributed by atoms with Gasteiger partial charge in [0.15, 0.2) is 6.61 Å². The molecule has 2 N–H and O–H groups in total. The van der Waals surface area contributed by atoms with Crippen molar-refractivity contribution in [2.45, 2.75) is 32.7 Å². The minimum absolute atomic E-state index is 0.364. The molecule has 0 aliphatic rings. The summed E-state index contributed by atoms with van der Waals surface area (Å²) in [6.07, 6.45) is 1.73. The lowest BCUT2D eigenvalue weighted by Gasteiger charge is -2.13. The Bertz CT molecular complexity index is 896. The lowest BCUT2D eigenvalue weighted by atomic mass is 10.2. The first kappa shape index (κ1) is 23.6. The van der Waals surface area contributed by atoms with E-state index in [-0.39, 0.29) is 0 Å². The number of carbonyl (C=O) groups excluding carboxylic acids is 4. The van der Waals surface area contributed by atoms with E-state index in [9.17, 15) is 19.2 Å². The molecule has 2 amide bonds. The molecule has 164 valence electrons. The number of nitrogens with one attached hydrogen (secondary N) is 2. The van der Waals surface area contributed by atoms with Crippen LogP contribution in [0.15, 0.2) is 54.6 Å². The van der Waals surface area contributed by atoms with Gasteiger partial charge >= 0.3 is 11.9 Å². The zero-order valence-electron chi connectivity index (χ0n) is 17.6. The van der Waals surface area contributed by atoms with Crippen molar-refractivity contribution in [3.63, 3.8) is 0 Å². The average molecular weight is 426 g/mol. The van der Waals surface area contributed by atoms with Gasteiger partial charge in [0.25, 0.3) is 11.8 Å². The van der Waals surface area contributed by atoms with Crippen LogP contribution in [0.2, 0.25) is 0 Å². The van der Waals surface area contributed by atoms with Crippen LogP contribution in [0.25, 0.3) is 0 Å². The van der Waals surface area contributed by atoms with E-state index in [1.165, 1.54) is 19.1 Å². The molecule has 0 bridgehead atoms. The molecule has 0 heterocycles. The van der Waals surface area contributed by atoms with Gasteiger partial charge < -0.3 is 20.1 Å². The molecular formula is C23H26N2O6. The van der Waals surface area contributed by atoms with Crippen molar-refractivity contribution in [3.8, 4) is 0 Å². The summed E-state index contributed by atoms with van der Waals surface area (Å²) < 4.78 is 10.1. The van der Waals surface area contributed by atoms with Crippen molar-refractivity contribution in [1.82, 2.24) is 5.32 Å². The highest BCUT2D eigenvalue weighted by molar-refractivity contribution is 5.97. The second kappa shape index (κ2) is 12.1. The van der Waals surface area contributed by atoms with Crippen molar-refractivity contribution < 1.29 is 28.7 Å². The highest BCUT2D eigenvalue weighted by Gasteiger charge is 2.19. The topological polar surface area (TPSA) is 111 Å². The third-order valence-electron chi connectivity index (χ3n) is 4.22. The second-order valence-electron chi connectivity index (χ2n) is 6.78. The first-order valence-corrected chi connectivity index (χ1v) is 10.00. The number of hydrogen-bond acceptors (Lipinski definition) is 6. The van der Waals surface area contributed by atoms with Crippen LogP contribution in [-0.4, -0.2) is 43.0 Å². The van der Waals surface area contributed by atoms with Crippen molar-refractivity contribution in [1.29, 1.82) is 0 Å². The van der Waals surface area contributed by atoms with Crippen LogP contribution in [0.4, 0.5) is 5.69 Å². The van der Waals surface area contributed by atoms with Crippen LogP contribution in [0, 0.1) is 0 Å². The molecule has 0 fully saturated rings. The smallest absolute Gasteiger partial charge is 0.338 e. The molecule has 0 unspecified atom stereocenters. The molecule has 0 saturated heterocycles. The molecule has 2 rings (SSSR count). The van der Waals surface area contributed by atoms with Gasteiger partial charge in [0.05, 0.1) is 12.2 Å². The van der Waals surface area contributed by atoms with Crippen LogP contribution in [0.5, 0.6) is 0 Å². The van der Waals surface area contributed by atoms with E-state index >= 15 is 0 Å². The molecule has 0 aliphatic carbocycles. The summed E-state index contributed by atoms with van der Waals surface area (Å²) in [6, 6.07) is 13.7. The summed E-state index contributed by atoms with van der Waals surface area (Å²) in [5.74, 6) is -2.12. The fourth-order valence-corrected chi connectivity index (χ4v) is 2.47. The van der Waals surface area contributed by atoms with Crippen LogP contribution < -0.4 is 10.6 Å². The Balaban J connectivity index is 1.76. The fraction of sp³-hybridized carbons (Fsp3) is 0.304. The fourth-order valence-electron chi connectivity index (χ4n) is 2.47. The standard InChI is InChI=1S/C23H26N2O6/c1-3-4-14-30-23(29)18-10-12-19(13-11-18)25-20(26)15-31-22(28)16(2)24-21(27)17-8-6-5-7-9-17/h5-13,16H,3-4,14-15H2,1-2H3,(H,24,27)(H,25,26)/t16-/m0/s1. The summed E-state index contributed by atoms with van der Waals surface area (Å²) in [5, 5.41) is 5.08. The number of anilines is 1. The van der Waals surface area contributed by atoms with Gasteiger partial charge in [0.1, 0.15) is 6.04 Å². The lowest BCUT2D eigenvalue weighted by molar-refractivity contribution is -0.148. The molecular weight excluding hydrogens is 400 g/mol. The maximum Gasteiger partial charge on any atom is 0.338 e. The molecule has 1 atom stereocenters. The first-order chi connectivity index (χ1) is 14.9. The molecule has 2 aromatic rings. The molecule has 8 nitrogen and oxygen atoms in total. The van der Waals surface area contributed by atoms with E-state index in [2.05, 4.69) is 10.6 Å². The number of benzene rings is 2. The van der Waals surface area contributed by atoms with E-state index < -0.39 is 36.4 Å². The largest absolute Gasteiger partial charge is 0.462 e. The third-order valence-corrected chi connectivity index (χ3v) is 4.22. The summed E-state index contributed by atoms with van der Waals surface area (Å²) >= 11 is 0. The highest BCUT2D eigenvalue weighted by atomic mass is 16.5. The molecule has 0 aliphatic heterocycles. The van der Waals surface area contributed by atoms with Crippen LogP contribution in [0.3, 0.4) is 0 Å². The zero-order valence-corrected chi connectivity index (χ0v) is 17.6. The number of unbranched alkanes of at least 4 members (excludes halogenated alkanes) is 1. The van der Waals surface area contributed by atoms with Gasteiger partial charge in [-0.05, 0) is 49.7 Å². The number of amides is 2. The maximum absolute atomic E-state index is 12.1. The Labute approximate surface area is 180 Å². The summed E-state index contributed by atoms with van der Waals surface area (Å²) in [5.41, 5.74) is 1.23. The number of ether oxygens (including phenoxy) is 2. The van der Waals surface area contributed by atoms with E-state index in [1.807, 2.05) is 6.92 Å². The van der Waals surface area contributed by atoms with Crippen molar-refractivity contribution in [3.05, 3.63) is 65.7 Å². The van der Waals surface area contributed by atoms with Gasteiger partial charge in [-0.3, -0.25) is 9.59 Å². The molecule has 8 heteroatoms. The van der Waals surface area contributed by atoms with Gasteiger partial charge in [0, 0.05) is 11.3 Å². The maximum atomic E-state index is 12.1. The number of hydrogen-bond donors (Lipinski definition) is 2. The molecule has 2 aromatic carbocycles. The van der Waals surface area contributed by atoms with Crippen LogP contribution >= 0.6 is 0 Å². The average Bonchev–Trinajstić information content (AvgIpc) is 2.78. The number of rotatable bonds is 10. The van der Waals surface area contributed by atoms with Crippen LogP contribution in [0.1, 0.15) is 47.4 Å². The van der Waals surface area contributed by atoms with Gasteiger partial charge in [-0.15, -0.1) is 0 Å². The van der Waals surface area contributed by atoms with Crippen LogP contribution in [-0.2, 0) is 19.1 Å². The quantitative estimate of drug-likeness (QED) is 0.446. The minimum atomic E-state index is -0.918. The van der Waals surface area contributed by atoms with E-state index in [0.717, 1.165) is 12.8 Å². The number of esters is 2. The monoisotopic (exact) mass is 426 g/mol. The van der Waals surface area contributed by atoms with E-state index in [0.29, 0.717) is 23.4 Å². The molecule has 0 radical (unpaired) electrons. The molecule has 31 heavy (non-hydrogen) atoms. The highest BCUT2D eigenvalue weighted by Crippen LogP contribution is 2.11. The van der Waals surface area contributed by atoms with Gasteiger partial charge in [-0.1, -0.05) is 31.5 Å². The SMILES string of the molecule is CCCCOC(=O)c1ccc(NC(=O)COC(=O)[C@H](C)NC(=O)c2ccccc2)cc1. The molecule has 0 aromatic heterocycles.